The van der Waals surface area contributed by atoms with E-state index in [1.165, 1.54) is 18.2 Å². The van der Waals surface area contributed by atoms with Gasteiger partial charge < -0.3 is 10.1 Å². The number of hydrogen-bond donors (Lipinski definition) is 1. The molecule has 1 amide bonds. The monoisotopic (exact) mass is 319 g/mol. The summed E-state index contributed by atoms with van der Waals surface area (Å²) in [7, 11) is 0. The minimum absolute atomic E-state index is 0.0245. The number of alkyl halides is 3. The molecular weight excluding hydrogens is 300 g/mol. The van der Waals surface area contributed by atoms with Gasteiger partial charge in [0.05, 0.1) is 0 Å². The normalized spacial score (nSPS) is 12.2. The van der Waals surface area contributed by atoms with Gasteiger partial charge in [0.1, 0.15) is 5.75 Å². The maximum atomic E-state index is 12.1. The third-order valence-electron chi connectivity index (χ3n) is 3.09. The molecule has 1 aromatic carbocycles. The molecule has 1 rings (SSSR count). The minimum atomic E-state index is -2.90. The quantitative estimate of drug-likeness (QED) is 0.697. The molecule has 0 heterocycles. The van der Waals surface area contributed by atoms with Gasteiger partial charge in [-0.05, 0) is 37.0 Å². The van der Waals surface area contributed by atoms with E-state index in [9.17, 15) is 13.6 Å². The van der Waals surface area contributed by atoms with Crippen molar-refractivity contribution < 1.29 is 18.3 Å². The fourth-order valence-corrected chi connectivity index (χ4v) is 2.37. The summed E-state index contributed by atoms with van der Waals surface area (Å²) in [6.45, 7) is -0.297. The molecular formula is C15H20ClF2NO2. The topological polar surface area (TPSA) is 38.3 Å². The van der Waals surface area contributed by atoms with Crippen molar-refractivity contribution in [3.05, 3.63) is 29.8 Å². The maximum absolute atomic E-state index is 12.1. The van der Waals surface area contributed by atoms with Gasteiger partial charge >= 0.3 is 6.61 Å². The van der Waals surface area contributed by atoms with Crippen LogP contribution >= 0.6 is 11.6 Å². The third-order valence-corrected chi connectivity index (χ3v) is 3.31. The first kappa shape index (κ1) is 17.7. The molecule has 6 heteroatoms. The van der Waals surface area contributed by atoms with Crippen LogP contribution in [0.15, 0.2) is 24.3 Å². The van der Waals surface area contributed by atoms with E-state index in [2.05, 4.69) is 17.0 Å². The summed E-state index contributed by atoms with van der Waals surface area (Å²) in [5.74, 6) is 0.559. The number of benzene rings is 1. The molecule has 0 aliphatic rings. The highest BCUT2D eigenvalue weighted by atomic mass is 35.5. The smallest absolute Gasteiger partial charge is 0.387 e. The van der Waals surface area contributed by atoms with Gasteiger partial charge in [-0.1, -0.05) is 19.4 Å². The minimum Gasteiger partial charge on any atom is -0.435 e. The van der Waals surface area contributed by atoms with Crippen LogP contribution in [0.1, 0.15) is 36.5 Å². The van der Waals surface area contributed by atoms with Crippen molar-refractivity contribution >= 4 is 17.5 Å². The number of carbonyl (C=O) groups is 1. The number of ether oxygens (including phenoxy) is 1. The highest BCUT2D eigenvalue weighted by Gasteiger charge is 2.12. The molecule has 1 atom stereocenters. The third kappa shape index (κ3) is 6.76. The van der Waals surface area contributed by atoms with Crippen LogP contribution in [0.4, 0.5) is 8.78 Å². The zero-order valence-electron chi connectivity index (χ0n) is 12.0. The summed E-state index contributed by atoms with van der Waals surface area (Å²) in [6, 6.07) is 5.76. The van der Waals surface area contributed by atoms with E-state index in [0.29, 0.717) is 23.9 Å². The van der Waals surface area contributed by atoms with Crippen molar-refractivity contribution in [1.82, 2.24) is 5.32 Å². The predicted octanol–water partition coefficient (Wildman–Crippen LogP) is 4.06. The van der Waals surface area contributed by atoms with Crippen LogP contribution in [0.5, 0.6) is 5.75 Å². The number of halogens is 3. The Hall–Kier alpha value is -1.36. The van der Waals surface area contributed by atoms with E-state index in [1.54, 1.807) is 6.07 Å². The second-order valence-corrected chi connectivity index (χ2v) is 5.13. The summed E-state index contributed by atoms with van der Waals surface area (Å²) in [6.07, 6.45) is 2.85. The van der Waals surface area contributed by atoms with E-state index in [0.717, 1.165) is 19.3 Å². The standard InChI is InChI=1S/C15H20ClF2NO2/c1-2-4-11(7-8-16)10-19-14(20)12-5-3-6-13(9-12)21-15(17)18/h3,5-6,9,11,15H,2,4,7-8,10H2,1H3,(H,19,20). The maximum Gasteiger partial charge on any atom is 0.387 e. The molecule has 1 aromatic rings. The predicted molar refractivity (Wildman–Crippen MR) is 79.1 cm³/mol. The highest BCUT2D eigenvalue weighted by molar-refractivity contribution is 6.17. The average Bonchev–Trinajstić information content (AvgIpc) is 2.44. The molecule has 0 aliphatic carbocycles. The number of rotatable bonds is 9. The summed E-state index contributed by atoms with van der Waals surface area (Å²) in [4.78, 5) is 12.0. The van der Waals surface area contributed by atoms with Crippen molar-refractivity contribution in [2.45, 2.75) is 32.8 Å². The Morgan fingerprint density at radius 1 is 1.38 bits per heavy atom. The van der Waals surface area contributed by atoms with Gasteiger partial charge in [0.25, 0.3) is 5.91 Å². The van der Waals surface area contributed by atoms with Crippen molar-refractivity contribution in [2.75, 3.05) is 12.4 Å². The second-order valence-electron chi connectivity index (χ2n) is 4.75. The van der Waals surface area contributed by atoms with Crippen LogP contribution in [0, 0.1) is 5.92 Å². The molecule has 21 heavy (non-hydrogen) atoms. The lowest BCUT2D eigenvalue weighted by Gasteiger charge is -2.15. The van der Waals surface area contributed by atoms with E-state index < -0.39 is 6.61 Å². The van der Waals surface area contributed by atoms with Gasteiger partial charge in [-0.25, -0.2) is 0 Å². The van der Waals surface area contributed by atoms with Crippen molar-refractivity contribution in [3.8, 4) is 5.75 Å². The molecule has 0 fully saturated rings. The van der Waals surface area contributed by atoms with Crippen LogP contribution in [0.25, 0.3) is 0 Å². The second kappa shape index (κ2) is 9.55. The Morgan fingerprint density at radius 3 is 2.76 bits per heavy atom. The Bertz CT molecular complexity index is 437. The van der Waals surface area contributed by atoms with Crippen LogP contribution in [0.2, 0.25) is 0 Å². The van der Waals surface area contributed by atoms with Gasteiger partial charge in [0.15, 0.2) is 0 Å². The zero-order chi connectivity index (χ0) is 15.7. The lowest BCUT2D eigenvalue weighted by atomic mass is 10.0. The first-order valence-electron chi connectivity index (χ1n) is 6.95. The molecule has 3 nitrogen and oxygen atoms in total. The van der Waals surface area contributed by atoms with Gasteiger partial charge in [0, 0.05) is 18.0 Å². The van der Waals surface area contributed by atoms with Gasteiger partial charge in [-0.2, -0.15) is 8.78 Å². The Morgan fingerprint density at radius 2 is 2.14 bits per heavy atom. The van der Waals surface area contributed by atoms with Crippen LogP contribution in [-0.2, 0) is 0 Å². The summed E-state index contributed by atoms with van der Waals surface area (Å²) < 4.78 is 28.6. The fraction of sp³-hybridized carbons (Fsp3) is 0.533. The zero-order valence-corrected chi connectivity index (χ0v) is 12.7. The first-order valence-corrected chi connectivity index (χ1v) is 7.49. The molecule has 0 saturated carbocycles. The summed E-state index contributed by atoms with van der Waals surface area (Å²) >= 11 is 5.73. The van der Waals surface area contributed by atoms with Crippen molar-refractivity contribution in [1.29, 1.82) is 0 Å². The lowest BCUT2D eigenvalue weighted by molar-refractivity contribution is -0.0498. The van der Waals surface area contributed by atoms with Crippen molar-refractivity contribution in [3.63, 3.8) is 0 Å². The number of carbonyl (C=O) groups excluding carboxylic acids is 1. The Balaban J connectivity index is 2.58. The number of nitrogens with one attached hydrogen (secondary N) is 1. The van der Waals surface area contributed by atoms with E-state index in [4.69, 9.17) is 11.6 Å². The summed E-state index contributed by atoms with van der Waals surface area (Å²) in [5.41, 5.74) is 0.300. The van der Waals surface area contributed by atoms with E-state index in [-0.39, 0.29) is 11.7 Å². The largest absolute Gasteiger partial charge is 0.435 e. The van der Waals surface area contributed by atoms with E-state index in [1.807, 2.05) is 0 Å². The SMILES string of the molecule is CCCC(CCCl)CNC(=O)c1cccc(OC(F)F)c1. The molecule has 0 saturated heterocycles. The van der Waals surface area contributed by atoms with Crippen LogP contribution in [0.3, 0.4) is 0 Å². The van der Waals surface area contributed by atoms with Crippen LogP contribution in [-0.4, -0.2) is 24.9 Å². The molecule has 0 aromatic heterocycles. The molecule has 0 aliphatic heterocycles. The molecule has 0 bridgehead atoms. The molecule has 118 valence electrons. The molecule has 1 N–H and O–H groups in total. The fourth-order valence-electron chi connectivity index (χ4n) is 2.06. The van der Waals surface area contributed by atoms with Crippen molar-refractivity contribution in [2.24, 2.45) is 5.92 Å². The van der Waals surface area contributed by atoms with Gasteiger partial charge in [0.2, 0.25) is 0 Å². The number of amides is 1. The summed E-state index contributed by atoms with van der Waals surface area (Å²) in [5, 5.41) is 2.81. The van der Waals surface area contributed by atoms with Gasteiger partial charge in [-0.3, -0.25) is 4.79 Å². The average molecular weight is 320 g/mol. The molecule has 0 radical (unpaired) electrons. The Kier molecular flexibility index (Phi) is 8.05. The highest BCUT2D eigenvalue weighted by Crippen LogP contribution is 2.16. The Labute approximate surface area is 128 Å². The first-order chi connectivity index (χ1) is 10.1. The molecule has 1 unspecified atom stereocenters. The van der Waals surface area contributed by atoms with E-state index >= 15 is 0 Å². The van der Waals surface area contributed by atoms with Crippen LogP contribution < -0.4 is 10.1 Å². The van der Waals surface area contributed by atoms with Gasteiger partial charge in [-0.15, -0.1) is 11.6 Å². The lowest BCUT2D eigenvalue weighted by Crippen LogP contribution is -2.29. The molecule has 0 spiro atoms. The number of hydrogen-bond acceptors (Lipinski definition) is 2.